The SMILES string of the molecule is Cc1nn(C)c(C)c1OCC(=O)N[C@@H]1CC[C@H](c2ccc(F)cc2)C1. The maximum atomic E-state index is 13.0. The van der Waals surface area contributed by atoms with Crippen molar-refractivity contribution in [2.75, 3.05) is 6.61 Å². The summed E-state index contributed by atoms with van der Waals surface area (Å²) in [5.41, 5.74) is 2.82. The average Bonchev–Trinajstić information content (AvgIpc) is 3.12. The highest BCUT2D eigenvalue weighted by Gasteiger charge is 2.27. The van der Waals surface area contributed by atoms with Crippen molar-refractivity contribution in [2.45, 2.75) is 45.1 Å². The molecule has 0 bridgehead atoms. The van der Waals surface area contributed by atoms with Crippen LogP contribution in [0.2, 0.25) is 0 Å². The molecule has 0 saturated heterocycles. The van der Waals surface area contributed by atoms with Gasteiger partial charge in [0.05, 0.1) is 5.69 Å². The number of carbonyl (C=O) groups excluding carboxylic acids is 1. The van der Waals surface area contributed by atoms with Crippen LogP contribution in [0.5, 0.6) is 5.75 Å². The lowest BCUT2D eigenvalue weighted by Crippen LogP contribution is -2.36. The molecule has 2 atom stereocenters. The van der Waals surface area contributed by atoms with Gasteiger partial charge in [-0.05, 0) is 56.7 Å². The second-order valence-corrected chi connectivity index (χ2v) is 6.74. The minimum absolute atomic E-state index is 0.00884. The van der Waals surface area contributed by atoms with E-state index in [9.17, 15) is 9.18 Å². The molecule has 0 unspecified atom stereocenters. The first-order valence-corrected chi connectivity index (χ1v) is 8.62. The lowest BCUT2D eigenvalue weighted by atomic mass is 9.97. The summed E-state index contributed by atoms with van der Waals surface area (Å²) in [4.78, 5) is 12.2. The Hall–Kier alpha value is -2.37. The van der Waals surface area contributed by atoms with Crippen LogP contribution in [0.15, 0.2) is 24.3 Å². The third kappa shape index (κ3) is 4.00. The standard InChI is InChI=1S/C19H24FN3O2/c1-12-19(13(2)23(3)22-12)25-11-18(24)21-17-9-6-15(10-17)14-4-7-16(20)8-5-14/h4-5,7-8,15,17H,6,9-11H2,1-3H3,(H,21,24)/t15-,17+/m0/s1. The van der Waals surface area contributed by atoms with Crippen LogP contribution in [0.25, 0.3) is 0 Å². The van der Waals surface area contributed by atoms with Gasteiger partial charge in [-0.3, -0.25) is 9.48 Å². The molecular formula is C19H24FN3O2. The molecule has 1 amide bonds. The minimum Gasteiger partial charge on any atom is -0.480 e. The molecule has 1 aliphatic rings. The van der Waals surface area contributed by atoms with E-state index in [1.807, 2.05) is 33.0 Å². The number of halogens is 1. The van der Waals surface area contributed by atoms with E-state index in [1.54, 1.807) is 4.68 Å². The van der Waals surface area contributed by atoms with E-state index in [1.165, 1.54) is 12.1 Å². The predicted molar refractivity (Wildman–Crippen MR) is 93.1 cm³/mol. The number of ether oxygens (including phenoxy) is 1. The first-order valence-electron chi connectivity index (χ1n) is 8.62. The van der Waals surface area contributed by atoms with Gasteiger partial charge >= 0.3 is 0 Å². The molecule has 6 heteroatoms. The van der Waals surface area contributed by atoms with Crippen LogP contribution in [-0.4, -0.2) is 28.3 Å². The van der Waals surface area contributed by atoms with Crippen LogP contribution in [0.4, 0.5) is 4.39 Å². The number of carbonyl (C=O) groups is 1. The van der Waals surface area contributed by atoms with E-state index in [0.717, 1.165) is 36.2 Å². The number of hydrogen-bond donors (Lipinski definition) is 1. The zero-order valence-electron chi connectivity index (χ0n) is 14.9. The lowest BCUT2D eigenvalue weighted by molar-refractivity contribution is -0.123. The molecule has 0 aliphatic heterocycles. The highest BCUT2D eigenvalue weighted by atomic mass is 19.1. The van der Waals surface area contributed by atoms with Crippen molar-refractivity contribution in [3.63, 3.8) is 0 Å². The fourth-order valence-corrected chi connectivity index (χ4v) is 3.52. The molecule has 1 N–H and O–H groups in total. The van der Waals surface area contributed by atoms with E-state index < -0.39 is 0 Å². The number of benzene rings is 1. The quantitative estimate of drug-likeness (QED) is 0.906. The topological polar surface area (TPSA) is 56.2 Å². The number of nitrogens with one attached hydrogen (secondary N) is 1. The Morgan fingerprint density at radius 2 is 2.04 bits per heavy atom. The van der Waals surface area contributed by atoms with Crippen LogP contribution in [0.3, 0.4) is 0 Å². The Morgan fingerprint density at radius 3 is 2.68 bits per heavy atom. The second-order valence-electron chi connectivity index (χ2n) is 6.74. The van der Waals surface area contributed by atoms with Gasteiger partial charge in [0.15, 0.2) is 12.4 Å². The van der Waals surface area contributed by atoms with Crippen LogP contribution in [-0.2, 0) is 11.8 Å². The van der Waals surface area contributed by atoms with Crippen molar-refractivity contribution in [1.29, 1.82) is 0 Å². The van der Waals surface area contributed by atoms with Gasteiger partial charge in [-0.15, -0.1) is 0 Å². The van der Waals surface area contributed by atoms with Gasteiger partial charge in [0.2, 0.25) is 0 Å². The Bertz CT molecular complexity index is 755. The number of rotatable bonds is 5. The van der Waals surface area contributed by atoms with Crippen molar-refractivity contribution >= 4 is 5.91 Å². The number of amides is 1. The van der Waals surface area contributed by atoms with Crippen molar-refractivity contribution < 1.29 is 13.9 Å². The first kappa shape index (κ1) is 17.5. The Labute approximate surface area is 147 Å². The van der Waals surface area contributed by atoms with Crippen LogP contribution in [0.1, 0.15) is 42.1 Å². The fraction of sp³-hybridized carbons (Fsp3) is 0.474. The van der Waals surface area contributed by atoms with Crippen molar-refractivity contribution in [3.05, 3.63) is 47.0 Å². The van der Waals surface area contributed by atoms with E-state index in [4.69, 9.17) is 4.74 Å². The minimum atomic E-state index is -0.218. The molecule has 1 aromatic heterocycles. The second kappa shape index (κ2) is 7.25. The third-order valence-electron chi connectivity index (χ3n) is 4.93. The van der Waals surface area contributed by atoms with E-state index in [0.29, 0.717) is 11.7 Å². The zero-order valence-corrected chi connectivity index (χ0v) is 14.9. The largest absolute Gasteiger partial charge is 0.480 e. The van der Waals surface area contributed by atoms with Crippen LogP contribution >= 0.6 is 0 Å². The highest BCUT2D eigenvalue weighted by Crippen LogP contribution is 2.34. The van der Waals surface area contributed by atoms with Crippen molar-refractivity contribution in [1.82, 2.24) is 15.1 Å². The summed E-state index contributed by atoms with van der Waals surface area (Å²) in [6, 6.07) is 6.80. The summed E-state index contributed by atoms with van der Waals surface area (Å²) in [5.74, 6) is 0.708. The summed E-state index contributed by atoms with van der Waals surface area (Å²) >= 11 is 0. The summed E-state index contributed by atoms with van der Waals surface area (Å²) in [5, 5.41) is 7.32. The van der Waals surface area contributed by atoms with Gasteiger partial charge in [0.25, 0.3) is 5.91 Å². The molecule has 1 aromatic carbocycles. The first-order chi connectivity index (χ1) is 11.9. The smallest absolute Gasteiger partial charge is 0.258 e. The summed E-state index contributed by atoms with van der Waals surface area (Å²) in [7, 11) is 1.85. The number of aryl methyl sites for hydroxylation is 2. The number of aromatic nitrogens is 2. The Morgan fingerprint density at radius 1 is 1.32 bits per heavy atom. The molecule has 25 heavy (non-hydrogen) atoms. The molecule has 1 heterocycles. The van der Waals surface area contributed by atoms with Crippen molar-refractivity contribution in [3.8, 4) is 5.75 Å². The van der Waals surface area contributed by atoms with Gasteiger partial charge < -0.3 is 10.1 Å². The highest BCUT2D eigenvalue weighted by molar-refractivity contribution is 5.78. The van der Waals surface area contributed by atoms with Crippen LogP contribution in [0, 0.1) is 19.7 Å². The van der Waals surface area contributed by atoms with Gasteiger partial charge in [-0.2, -0.15) is 5.10 Å². The zero-order chi connectivity index (χ0) is 18.0. The molecule has 3 rings (SSSR count). The Balaban J connectivity index is 1.49. The van der Waals surface area contributed by atoms with Gasteiger partial charge in [0, 0.05) is 13.1 Å². The third-order valence-corrected chi connectivity index (χ3v) is 4.93. The molecule has 0 spiro atoms. The van der Waals surface area contributed by atoms with Crippen LogP contribution < -0.4 is 10.1 Å². The molecule has 1 fully saturated rings. The predicted octanol–water partition coefficient (Wildman–Crippen LogP) is 3.01. The monoisotopic (exact) mass is 345 g/mol. The number of nitrogens with zero attached hydrogens (tertiary/aromatic N) is 2. The van der Waals surface area contributed by atoms with Gasteiger partial charge in [-0.25, -0.2) is 4.39 Å². The number of hydrogen-bond acceptors (Lipinski definition) is 3. The van der Waals surface area contributed by atoms with E-state index in [-0.39, 0.29) is 24.4 Å². The maximum absolute atomic E-state index is 13.0. The summed E-state index contributed by atoms with van der Waals surface area (Å²) in [6.45, 7) is 3.77. The molecular weight excluding hydrogens is 321 g/mol. The summed E-state index contributed by atoms with van der Waals surface area (Å²) < 4.78 is 20.4. The average molecular weight is 345 g/mol. The lowest BCUT2D eigenvalue weighted by Gasteiger charge is -2.14. The molecule has 134 valence electrons. The molecule has 1 saturated carbocycles. The summed E-state index contributed by atoms with van der Waals surface area (Å²) in [6.07, 6.45) is 2.80. The molecule has 0 radical (unpaired) electrons. The van der Waals surface area contributed by atoms with E-state index >= 15 is 0 Å². The van der Waals surface area contributed by atoms with E-state index in [2.05, 4.69) is 10.4 Å². The molecule has 5 nitrogen and oxygen atoms in total. The van der Waals surface area contributed by atoms with Gasteiger partial charge in [-0.1, -0.05) is 12.1 Å². The molecule has 1 aliphatic carbocycles. The Kier molecular flexibility index (Phi) is 5.06. The maximum Gasteiger partial charge on any atom is 0.258 e. The van der Waals surface area contributed by atoms with Crippen molar-refractivity contribution in [2.24, 2.45) is 7.05 Å². The molecule has 2 aromatic rings. The van der Waals surface area contributed by atoms with Gasteiger partial charge in [0.1, 0.15) is 11.5 Å². The normalized spacial score (nSPS) is 19.8. The fourth-order valence-electron chi connectivity index (χ4n) is 3.52.